The molecule has 0 radical (unpaired) electrons. The molecule has 3 fully saturated rings. The molecular formula is C21H22N2O2. The Bertz CT molecular complexity index is 874. The third-order valence-corrected chi connectivity index (χ3v) is 7.68. The SMILES string of the molecule is COC(=O)C12CCC3(C=CCN4CCC5(C1=Nc1ccccc15)C43)C2. The van der Waals surface area contributed by atoms with Crippen molar-refractivity contribution in [2.45, 2.75) is 37.1 Å². The first kappa shape index (κ1) is 14.3. The quantitative estimate of drug-likeness (QED) is 0.586. The molecule has 0 amide bonds. The van der Waals surface area contributed by atoms with Crippen LogP contribution in [0.5, 0.6) is 0 Å². The molecule has 6 rings (SSSR count). The van der Waals surface area contributed by atoms with Gasteiger partial charge in [0.15, 0.2) is 0 Å². The first-order valence-electron chi connectivity index (χ1n) is 9.36. The van der Waals surface area contributed by atoms with Gasteiger partial charge in [0.2, 0.25) is 0 Å². The minimum atomic E-state index is -0.540. The lowest BCUT2D eigenvalue weighted by Gasteiger charge is -2.54. The average molecular weight is 334 g/mol. The fraction of sp³-hybridized carbons (Fsp3) is 0.524. The standard InChI is InChI=1S/C21H22N2O2/c1-25-18(24)20-9-8-19(13-20)7-4-11-23-12-10-21(17(19)23)14-5-2-3-6-15(14)22-16(20)21/h2-7,17H,8-13H2,1H3. The van der Waals surface area contributed by atoms with Crippen molar-refractivity contribution in [1.82, 2.24) is 4.90 Å². The Labute approximate surface area is 147 Å². The van der Waals surface area contributed by atoms with Gasteiger partial charge in [-0.15, -0.1) is 0 Å². The molecule has 25 heavy (non-hydrogen) atoms. The number of ether oxygens (including phenoxy) is 1. The van der Waals surface area contributed by atoms with Crippen molar-refractivity contribution in [1.29, 1.82) is 0 Å². The van der Waals surface area contributed by atoms with E-state index in [1.807, 2.05) is 0 Å². The Morgan fingerprint density at radius 1 is 1.28 bits per heavy atom. The van der Waals surface area contributed by atoms with E-state index in [1.54, 1.807) is 0 Å². The summed E-state index contributed by atoms with van der Waals surface area (Å²) >= 11 is 0. The number of esters is 1. The predicted octanol–water partition coefficient (Wildman–Crippen LogP) is 3.00. The van der Waals surface area contributed by atoms with Crippen molar-refractivity contribution in [2.75, 3.05) is 20.2 Å². The molecule has 1 saturated heterocycles. The van der Waals surface area contributed by atoms with E-state index in [0.29, 0.717) is 6.04 Å². The number of nitrogens with zero attached hydrogens (tertiary/aromatic N) is 2. The van der Waals surface area contributed by atoms with Crippen LogP contribution in [0, 0.1) is 10.8 Å². The van der Waals surface area contributed by atoms with Crippen LogP contribution in [-0.2, 0) is 14.9 Å². The van der Waals surface area contributed by atoms with Gasteiger partial charge >= 0.3 is 5.97 Å². The summed E-state index contributed by atoms with van der Waals surface area (Å²) in [6, 6.07) is 8.98. The maximum Gasteiger partial charge on any atom is 0.317 e. The van der Waals surface area contributed by atoms with Crippen molar-refractivity contribution in [2.24, 2.45) is 15.8 Å². The maximum absolute atomic E-state index is 13.0. The Morgan fingerprint density at radius 3 is 3.04 bits per heavy atom. The zero-order chi connectivity index (χ0) is 16.9. The fourth-order valence-corrected chi connectivity index (χ4v) is 7.05. The summed E-state index contributed by atoms with van der Waals surface area (Å²) in [7, 11) is 1.53. The molecular weight excluding hydrogens is 312 g/mol. The summed E-state index contributed by atoms with van der Waals surface area (Å²) in [6.07, 6.45) is 8.61. The lowest BCUT2D eigenvalue weighted by atomic mass is 9.52. The van der Waals surface area contributed by atoms with E-state index in [4.69, 9.17) is 9.73 Å². The molecule has 0 N–H and O–H groups in total. The topological polar surface area (TPSA) is 41.9 Å². The molecule has 5 aliphatic rings. The number of methoxy groups -OCH3 is 1. The number of carbonyl (C=O) groups is 1. The predicted molar refractivity (Wildman–Crippen MR) is 95.1 cm³/mol. The number of para-hydroxylation sites is 1. The molecule has 4 nitrogen and oxygen atoms in total. The van der Waals surface area contributed by atoms with Crippen LogP contribution in [-0.4, -0.2) is 42.8 Å². The summed E-state index contributed by atoms with van der Waals surface area (Å²) in [4.78, 5) is 20.8. The first-order chi connectivity index (χ1) is 12.2. The van der Waals surface area contributed by atoms with Crippen molar-refractivity contribution >= 4 is 17.4 Å². The lowest BCUT2D eigenvalue weighted by molar-refractivity contribution is -0.149. The molecule has 3 heterocycles. The number of fused-ring (bicyclic) bond motifs is 3. The molecule has 1 aromatic rings. The highest BCUT2D eigenvalue weighted by Gasteiger charge is 2.75. The zero-order valence-electron chi connectivity index (χ0n) is 14.5. The van der Waals surface area contributed by atoms with Crippen LogP contribution in [0.25, 0.3) is 0 Å². The minimum absolute atomic E-state index is 0.0776. The molecule has 3 aliphatic heterocycles. The van der Waals surface area contributed by atoms with E-state index in [2.05, 4.69) is 41.3 Å². The summed E-state index contributed by atoms with van der Waals surface area (Å²) < 4.78 is 5.34. The van der Waals surface area contributed by atoms with E-state index >= 15 is 0 Å². The highest BCUT2D eigenvalue weighted by atomic mass is 16.5. The summed E-state index contributed by atoms with van der Waals surface area (Å²) in [5.74, 6) is -0.0776. The molecule has 2 aliphatic carbocycles. The smallest absolute Gasteiger partial charge is 0.317 e. The number of benzene rings is 1. The van der Waals surface area contributed by atoms with Gasteiger partial charge < -0.3 is 4.74 Å². The highest BCUT2D eigenvalue weighted by Crippen LogP contribution is 2.70. The normalized spacial score (nSPS) is 42.6. The molecule has 2 bridgehead atoms. The van der Waals surface area contributed by atoms with Gasteiger partial charge in [-0.25, -0.2) is 0 Å². The van der Waals surface area contributed by atoms with Gasteiger partial charge in [0.25, 0.3) is 0 Å². The van der Waals surface area contributed by atoms with Crippen molar-refractivity contribution < 1.29 is 9.53 Å². The van der Waals surface area contributed by atoms with Gasteiger partial charge in [0, 0.05) is 30.3 Å². The van der Waals surface area contributed by atoms with Gasteiger partial charge in [-0.2, -0.15) is 0 Å². The summed E-state index contributed by atoms with van der Waals surface area (Å²) in [5, 5.41) is 0. The summed E-state index contributed by atoms with van der Waals surface area (Å²) in [6.45, 7) is 2.11. The van der Waals surface area contributed by atoms with Crippen LogP contribution >= 0.6 is 0 Å². The average Bonchev–Trinajstić information content (AvgIpc) is 3.30. The second-order valence-corrected chi connectivity index (χ2v) is 8.48. The van der Waals surface area contributed by atoms with E-state index in [9.17, 15) is 4.79 Å². The van der Waals surface area contributed by atoms with Crippen LogP contribution in [0.4, 0.5) is 5.69 Å². The lowest BCUT2D eigenvalue weighted by Crippen LogP contribution is -2.64. The Hall–Kier alpha value is -1.94. The zero-order valence-corrected chi connectivity index (χ0v) is 14.5. The molecule has 4 unspecified atom stereocenters. The van der Waals surface area contributed by atoms with Crippen molar-refractivity contribution in [3.63, 3.8) is 0 Å². The van der Waals surface area contributed by atoms with Crippen LogP contribution < -0.4 is 0 Å². The second-order valence-electron chi connectivity index (χ2n) is 8.48. The van der Waals surface area contributed by atoms with E-state index in [0.717, 1.165) is 50.2 Å². The maximum atomic E-state index is 13.0. The van der Waals surface area contributed by atoms with Crippen LogP contribution in [0.1, 0.15) is 31.2 Å². The van der Waals surface area contributed by atoms with Crippen molar-refractivity contribution in [3.8, 4) is 0 Å². The highest BCUT2D eigenvalue weighted by molar-refractivity contribution is 6.17. The Morgan fingerprint density at radius 2 is 2.16 bits per heavy atom. The molecule has 4 heteroatoms. The third kappa shape index (κ3) is 1.35. The number of rotatable bonds is 1. The third-order valence-electron chi connectivity index (χ3n) is 7.68. The van der Waals surface area contributed by atoms with E-state index < -0.39 is 5.41 Å². The first-order valence-corrected chi connectivity index (χ1v) is 9.36. The fourth-order valence-electron chi connectivity index (χ4n) is 7.05. The van der Waals surface area contributed by atoms with Gasteiger partial charge in [0.1, 0.15) is 5.41 Å². The van der Waals surface area contributed by atoms with Gasteiger partial charge in [-0.3, -0.25) is 14.7 Å². The van der Waals surface area contributed by atoms with Crippen LogP contribution in [0.15, 0.2) is 41.4 Å². The number of hydrogen-bond acceptors (Lipinski definition) is 4. The largest absolute Gasteiger partial charge is 0.468 e. The molecule has 4 atom stereocenters. The molecule has 1 aromatic carbocycles. The number of aliphatic imine (C=N–C) groups is 1. The molecule has 2 saturated carbocycles. The van der Waals surface area contributed by atoms with Crippen LogP contribution in [0.2, 0.25) is 0 Å². The molecule has 128 valence electrons. The monoisotopic (exact) mass is 334 g/mol. The van der Waals surface area contributed by atoms with Gasteiger partial charge in [-0.05, 0) is 37.3 Å². The molecule has 0 aromatic heterocycles. The van der Waals surface area contributed by atoms with E-state index in [-0.39, 0.29) is 16.8 Å². The number of carbonyl (C=O) groups excluding carboxylic acids is 1. The Kier molecular flexibility index (Phi) is 2.41. The second kappa shape index (κ2) is 4.24. The number of hydrogen-bond donors (Lipinski definition) is 0. The van der Waals surface area contributed by atoms with Gasteiger partial charge in [-0.1, -0.05) is 30.4 Å². The van der Waals surface area contributed by atoms with Gasteiger partial charge in [0.05, 0.1) is 18.2 Å². The summed E-state index contributed by atoms with van der Waals surface area (Å²) in [5.41, 5.74) is 2.96. The minimum Gasteiger partial charge on any atom is -0.468 e. The van der Waals surface area contributed by atoms with Crippen LogP contribution in [0.3, 0.4) is 0 Å². The molecule has 2 spiro atoms. The Balaban J connectivity index is 1.69. The van der Waals surface area contributed by atoms with Crippen molar-refractivity contribution in [3.05, 3.63) is 42.0 Å². The van der Waals surface area contributed by atoms with E-state index in [1.165, 1.54) is 12.7 Å².